The first-order valence-corrected chi connectivity index (χ1v) is 11.8. The van der Waals surface area contributed by atoms with E-state index < -0.39 is 23.0 Å². The van der Waals surface area contributed by atoms with Gasteiger partial charge in [-0.1, -0.05) is 24.6 Å². The third-order valence-corrected chi connectivity index (χ3v) is 7.09. The van der Waals surface area contributed by atoms with Gasteiger partial charge in [-0.2, -0.15) is 0 Å². The Kier molecular flexibility index (Phi) is 6.17. The number of anilines is 2. The van der Waals surface area contributed by atoms with Gasteiger partial charge >= 0.3 is 13.2 Å². The Labute approximate surface area is 181 Å². The van der Waals surface area contributed by atoms with E-state index in [9.17, 15) is 18.2 Å². The molecule has 0 atom stereocenters. The highest BCUT2D eigenvalue weighted by Gasteiger charge is 2.29. The van der Waals surface area contributed by atoms with E-state index in [0.29, 0.717) is 11.0 Å². The minimum Gasteiger partial charge on any atom is -0.446 e. The van der Waals surface area contributed by atoms with Gasteiger partial charge in [0.25, 0.3) is 0 Å². The van der Waals surface area contributed by atoms with Crippen LogP contribution < -0.4 is 16.5 Å². The van der Waals surface area contributed by atoms with E-state index in [0.717, 1.165) is 37.7 Å². The number of ether oxygens (including phenoxy) is 1. The van der Waals surface area contributed by atoms with Gasteiger partial charge in [-0.15, -0.1) is 0 Å². The largest absolute Gasteiger partial charge is 0.491 e. The number of rotatable bonds is 5. The summed E-state index contributed by atoms with van der Waals surface area (Å²) in [6.07, 6.45) is 5.02. The highest BCUT2D eigenvalue weighted by atomic mass is 32.2. The molecule has 1 fully saturated rings. The number of sulfone groups is 1. The lowest BCUT2D eigenvalue weighted by molar-refractivity contribution is 0.0864. The summed E-state index contributed by atoms with van der Waals surface area (Å²) in [5, 5.41) is 12.1. The van der Waals surface area contributed by atoms with Crippen LogP contribution in [0.5, 0.6) is 0 Å². The third kappa shape index (κ3) is 5.00. The van der Waals surface area contributed by atoms with Crippen LogP contribution in [0.3, 0.4) is 0 Å². The van der Waals surface area contributed by atoms with Crippen LogP contribution in [0.1, 0.15) is 43.2 Å². The Bertz CT molecular complexity index is 1090. The first kappa shape index (κ1) is 21.6. The van der Waals surface area contributed by atoms with Crippen LogP contribution in [0.2, 0.25) is 0 Å². The minimum atomic E-state index is -3.93. The average molecular weight is 445 g/mol. The summed E-state index contributed by atoms with van der Waals surface area (Å²) < 4.78 is 36.8. The van der Waals surface area contributed by atoms with Crippen LogP contribution in [-0.2, 0) is 31.6 Å². The monoisotopic (exact) mass is 445 g/mol. The minimum absolute atomic E-state index is 0.0228. The maximum atomic E-state index is 13.1. The summed E-state index contributed by atoms with van der Waals surface area (Å²) in [5.74, 6) is -0.365. The Morgan fingerprint density at radius 1 is 1.29 bits per heavy atom. The number of amides is 1. The van der Waals surface area contributed by atoms with Crippen molar-refractivity contribution in [3.8, 4) is 0 Å². The van der Waals surface area contributed by atoms with Crippen molar-refractivity contribution in [1.29, 1.82) is 0 Å². The molecule has 0 saturated heterocycles. The summed E-state index contributed by atoms with van der Waals surface area (Å²) >= 11 is 0. The Balaban J connectivity index is 1.54. The lowest BCUT2D eigenvalue weighted by Crippen LogP contribution is -2.28. The van der Waals surface area contributed by atoms with Gasteiger partial charge in [0.1, 0.15) is 6.10 Å². The number of nitrogens with two attached hydrogens (primary N) is 1. The fourth-order valence-corrected chi connectivity index (χ4v) is 5.33. The SMILES string of the molecule is Nc1cnc(S(=O)(=O)Cc2ccc3c(c2)B(O)OC3)c(NC(=O)OC2CCCCC2)c1. The molecular formula is C20H24BN3O6S. The Morgan fingerprint density at radius 3 is 2.84 bits per heavy atom. The van der Waals surface area contributed by atoms with Gasteiger partial charge in [-0.25, -0.2) is 18.2 Å². The molecule has 1 saturated carbocycles. The number of nitrogen functional groups attached to an aromatic ring is 1. The molecule has 1 amide bonds. The average Bonchev–Trinajstić information content (AvgIpc) is 3.08. The second-order valence-electron chi connectivity index (χ2n) is 7.87. The van der Waals surface area contributed by atoms with Crippen molar-refractivity contribution in [3.05, 3.63) is 41.6 Å². The molecular weight excluding hydrogens is 421 g/mol. The number of carbonyl (C=O) groups is 1. The van der Waals surface area contributed by atoms with E-state index in [1.54, 1.807) is 18.2 Å². The van der Waals surface area contributed by atoms with E-state index in [1.165, 1.54) is 12.3 Å². The molecule has 4 rings (SSSR count). The topological polar surface area (TPSA) is 141 Å². The summed E-state index contributed by atoms with van der Waals surface area (Å²) in [7, 11) is -5.00. The number of hydrogen-bond acceptors (Lipinski definition) is 8. The van der Waals surface area contributed by atoms with Crippen LogP contribution in [-0.4, -0.2) is 37.7 Å². The summed E-state index contributed by atoms with van der Waals surface area (Å²) in [6, 6.07) is 6.35. The summed E-state index contributed by atoms with van der Waals surface area (Å²) in [5.41, 5.74) is 7.79. The predicted octanol–water partition coefficient (Wildman–Crippen LogP) is 1.74. The molecule has 2 aliphatic rings. The molecule has 0 bridgehead atoms. The van der Waals surface area contributed by atoms with Crippen molar-refractivity contribution in [2.75, 3.05) is 11.1 Å². The van der Waals surface area contributed by atoms with E-state index in [4.69, 9.17) is 15.1 Å². The zero-order valence-electron chi connectivity index (χ0n) is 16.9. The molecule has 1 aromatic heterocycles. The molecule has 164 valence electrons. The summed E-state index contributed by atoms with van der Waals surface area (Å²) in [4.78, 5) is 16.3. The van der Waals surface area contributed by atoms with Crippen molar-refractivity contribution < 1.29 is 27.6 Å². The van der Waals surface area contributed by atoms with Gasteiger partial charge in [0.05, 0.1) is 29.9 Å². The number of aromatic nitrogens is 1. The highest BCUT2D eigenvalue weighted by Crippen LogP contribution is 2.26. The molecule has 11 heteroatoms. The molecule has 1 aliphatic heterocycles. The summed E-state index contributed by atoms with van der Waals surface area (Å²) in [6.45, 7) is 0.278. The molecule has 0 unspecified atom stereocenters. The van der Waals surface area contributed by atoms with Crippen molar-refractivity contribution in [1.82, 2.24) is 4.98 Å². The first-order valence-electron chi connectivity index (χ1n) is 10.2. The maximum Gasteiger partial charge on any atom is 0.491 e. The third-order valence-electron chi connectivity index (χ3n) is 5.46. The molecule has 0 radical (unpaired) electrons. The lowest BCUT2D eigenvalue weighted by Gasteiger charge is -2.22. The first-order chi connectivity index (χ1) is 14.8. The molecule has 1 aromatic carbocycles. The van der Waals surface area contributed by atoms with Gasteiger partial charge < -0.3 is 20.1 Å². The van der Waals surface area contributed by atoms with Crippen LogP contribution in [0.4, 0.5) is 16.2 Å². The Morgan fingerprint density at radius 2 is 2.06 bits per heavy atom. The van der Waals surface area contributed by atoms with Crippen molar-refractivity contribution in [3.63, 3.8) is 0 Å². The number of benzene rings is 1. The van der Waals surface area contributed by atoms with Gasteiger partial charge in [0.15, 0.2) is 5.03 Å². The quantitative estimate of drug-likeness (QED) is 0.591. The van der Waals surface area contributed by atoms with Gasteiger partial charge in [0, 0.05) is 0 Å². The van der Waals surface area contributed by atoms with E-state index in [2.05, 4.69) is 10.3 Å². The normalized spacial score (nSPS) is 16.7. The predicted molar refractivity (Wildman–Crippen MR) is 115 cm³/mol. The van der Waals surface area contributed by atoms with Crippen molar-refractivity contribution in [2.24, 2.45) is 0 Å². The molecule has 2 heterocycles. The number of fused-ring (bicyclic) bond motifs is 1. The second kappa shape index (κ2) is 8.85. The molecule has 9 nitrogen and oxygen atoms in total. The van der Waals surface area contributed by atoms with E-state index in [1.807, 2.05) is 0 Å². The van der Waals surface area contributed by atoms with E-state index >= 15 is 0 Å². The van der Waals surface area contributed by atoms with Gasteiger partial charge in [-0.05, 0) is 48.3 Å². The second-order valence-corrected chi connectivity index (χ2v) is 9.77. The van der Waals surface area contributed by atoms with E-state index in [-0.39, 0.29) is 34.9 Å². The standard InChI is InChI=1S/C20H24BN3O6S/c22-15-9-18(24-20(25)30-16-4-2-1-3-5-16)19(23-10-15)31(27,28)12-13-6-7-14-11-29-21(26)17(14)8-13/h6-10,16,26H,1-5,11-12,22H2,(H,24,25). The smallest absolute Gasteiger partial charge is 0.446 e. The molecule has 0 spiro atoms. The molecule has 31 heavy (non-hydrogen) atoms. The molecule has 1 aliphatic carbocycles. The van der Waals surface area contributed by atoms with Gasteiger partial charge in [-0.3, -0.25) is 5.32 Å². The van der Waals surface area contributed by atoms with Crippen LogP contribution >= 0.6 is 0 Å². The fraction of sp³-hybridized carbons (Fsp3) is 0.400. The number of nitrogens with one attached hydrogen (secondary N) is 1. The van der Waals surface area contributed by atoms with Crippen molar-refractivity contribution >= 4 is 39.9 Å². The number of hydrogen-bond donors (Lipinski definition) is 3. The Hall–Kier alpha value is -2.63. The lowest BCUT2D eigenvalue weighted by atomic mass is 9.79. The molecule has 2 aromatic rings. The van der Waals surface area contributed by atoms with Crippen molar-refractivity contribution in [2.45, 2.75) is 55.6 Å². The highest BCUT2D eigenvalue weighted by molar-refractivity contribution is 7.90. The number of carbonyl (C=O) groups excluding carboxylic acids is 1. The van der Waals surface area contributed by atoms with Crippen LogP contribution in [0, 0.1) is 0 Å². The van der Waals surface area contributed by atoms with Crippen LogP contribution in [0.25, 0.3) is 0 Å². The zero-order chi connectivity index (χ0) is 22.0. The number of nitrogens with zero attached hydrogens (tertiary/aromatic N) is 1. The zero-order valence-corrected chi connectivity index (χ0v) is 17.7. The molecule has 4 N–H and O–H groups in total. The van der Waals surface area contributed by atoms with Crippen LogP contribution in [0.15, 0.2) is 35.5 Å². The maximum absolute atomic E-state index is 13.1. The fourth-order valence-electron chi connectivity index (χ4n) is 3.92. The van der Waals surface area contributed by atoms with Gasteiger partial charge in [0.2, 0.25) is 9.84 Å². The number of pyridine rings is 1.